The van der Waals surface area contributed by atoms with Crippen LogP contribution in [0.5, 0.6) is 23.0 Å². The smallest absolute Gasteiger partial charge is 0.352 e. The van der Waals surface area contributed by atoms with Gasteiger partial charge in [-0.05, 0) is 42.8 Å². The van der Waals surface area contributed by atoms with E-state index < -0.39 is 12.1 Å². The molecular weight excluding hydrogens is 436 g/mol. The van der Waals surface area contributed by atoms with E-state index in [1.807, 2.05) is 18.2 Å². The fourth-order valence-corrected chi connectivity index (χ4v) is 3.57. The second kappa shape index (κ2) is 10.1. The lowest BCUT2D eigenvalue weighted by Crippen LogP contribution is -2.21. The summed E-state index contributed by atoms with van der Waals surface area (Å²) in [6, 6.07) is 19.2. The van der Waals surface area contributed by atoms with Crippen LogP contribution in [0.1, 0.15) is 34.5 Å². The molecule has 7 nitrogen and oxygen atoms in total. The van der Waals surface area contributed by atoms with Crippen molar-refractivity contribution >= 4 is 17.8 Å². The van der Waals surface area contributed by atoms with E-state index in [-0.39, 0.29) is 18.1 Å². The van der Waals surface area contributed by atoms with Crippen molar-refractivity contribution < 1.29 is 33.3 Å². The molecule has 0 aromatic heterocycles. The van der Waals surface area contributed by atoms with E-state index in [4.69, 9.17) is 23.7 Å². The molecule has 0 amide bonds. The van der Waals surface area contributed by atoms with Gasteiger partial charge < -0.3 is 23.7 Å². The number of allylic oxidation sites excluding steroid dienone is 1. The fourth-order valence-electron chi connectivity index (χ4n) is 3.57. The van der Waals surface area contributed by atoms with E-state index in [1.54, 1.807) is 75.8 Å². The average Bonchev–Trinajstić information content (AvgIpc) is 3.17. The molecule has 7 heteroatoms. The maximum Gasteiger partial charge on any atom is 0.352 e. The van der Waals surface area contributed by atoms with Gasteiger partial charge in [-0.3, -0.25) is 4.79 Å². The van der Waals surface area contributed by atoms with E-state index in [0.29, 0.717) is 34.1 Å². The molecule has 174 valence electrons. The van der Waals surface area contributed by atoms with Crippen LogP contribution in [0.15, 0.2) is 72.5 Å². The Morgan fingerprint density at radius 3 is 2.44 bits per heavy atom. The van der Waals surface area contributed by atoms with Gasteiger partial charge in [0, 0.05) is 11.6 Å². The molecule has 4 rings (SSSR count). The summed E-state index contributed by atoms with van der Waals surface area (Å²) in [6.45, 7) is 1.97. The Morgan fingerprint density at radius 1 is 0.971 bits per heavy atom. The predicted molar refractivity (Wildman–Crippen MR) is 125 cm³/mol. The standard InChI is InChI=1S/C27H24O7/c1-4-32-27(29)26(18-8-6-5-7-9-18)33-19-11-12-20-22(16-19)34-24(25(20)28)15-17-10-13-21(30-2)23(14-17)31-3/h5-16,26H,4H2,1-3H3/b24-15-. The second-order valence-electron chi connectivity index (χ2n) is 7.37. The van der Waals surface area contributed by atoms with Crippen LogP contribution in [-0.4, -0.2) is 32.6 Å². The molecule has 1 aliphatic heterocycles. The Bertz CT molecular complexity index is 1230. The lowest BCUT2D eigenvalue weighted by Gasteiger charge is -2.18. The summed E-state index contributed by atoms with van der Waals surface area (Å²) in [5.74, 6) is 1.28. The number of Topliss-reactive ketones (excluding diaryl/α,β-unsaturated/α-hetero) is 1. The Balaban J connectivity index is 1.58. The SMILES string of the molecule is CCOC(=O)C(Oc1ccc2c(c1)O/C(=C\c1ccc(OC)c(OC)c1)C2=O)c1ccccc1. The zero-order valence-electron chi connectivity index (χ0n) is 19.1. The summed E-state index contributed by atoms with van der Waals surface area (Å²) >= 11 is 0. The minimum Gasteiger partial charge on any atom is -0.493 e. The maximum atomic E-state index is 12.9. The number of carbonyl (C=O) groups excluding carboxylic acids is 2. The lowest BCUT2D eigenvalue weighted by molar-refractivity contribution is -0.151. The number of fused-ring (bicyclic) bond motifs is 1. The van der Waals surface area contributed by atoms with Gasteiger partial charge in [0.25, 0.3) is 0 Å². The fraction of sp³-hybridized carbons (Fsp3) is 0.185. The number of carbonyl (C=O) groups is 2. The van der Waals surface area contributed by atoms with Crippen molar-refractivity contribution in [3.63, 3.8) is 0 Å². The highest BCUT2D eigenvalue weighted by Crippen LogP contribution is 2.37. The Hall–Kier alpha value is -4.26. The van der Waals surface area contributed by atoms with Crippen molar-refractivity contribution in [2.75, 3.05) is 20.8 Å². The zero-order valence-corrected chi connectivity index (χ0v) is 19.1. The number of hydrogen-bond acceptors (Lipinski definition) is 7. The van der Waals surface area contributed by atoms with Gasteiger partial charge in [0.05, 0.1) is 26.4 Å². The van der Waals surface area contributed by atoms with Crippen molar-refractivity contribution in [1.82, 2.24) is 0 Å². The van der Waals surface area contributed by atoms with Gasteiger partial charge in [0.2, 0.25) is 11.9 Å². The van der Waals surface area contributed by atoms with Crippen LogP contribution in [0.4, 0.5) is 0 Å². The number of benzene rings is 3. The van der Waals surface area contributed by atoms with Crippen LogP contribution in [0.2, 0.25) is 0 Å². The van der Waals surface area contributed by atoms with E-state index in [2.05, 4.69) is 0 Å². The normalized spacial score (nSPS) is 14.2. The summed E-state index contributed by atoms with van der Waals surface area (Å²) < 4.78 is 27.6. The van der Waals surface area contributed by atoms with E-state index in [1.165, 1.54) is 0 Å². The van der Waals surface area contributed by atoms with Crippen LogP contribution < -0.4 is 18.9 Å². The second-order valence-corrected chi connectivity index (χ2v) is 7.37. The highest BCUT2D eigenvalue weighted by Gasteiger charge is 2.29. The summed E-state index contributed by atoms with van der Waals surface area (Å²) in [4.78, 5) is 25.4. The van der Waals surface area contributed by atoms with Crippen molar-refractivity contribution in [3.05, 3.63) is 89.2 Å². The van der Waals surface area contributed by atoms with Crippen LogP contribution in [0.25, 0.3) is 6.08 Å². The van der Waals surface area contributed by atoms with Gasteiger partial charge in [0.1, 0.15) is 11.5 Å². The summed E-state index contributed by atoms with van der Waals surface area (Å²) in [5, 5.41) is 0. The molecule has 1 heterocycles. The average molecular weight is 460 g/mol. The summed E-state index contributed by atoms with van der Waals surface area (Å²) in [7, 11) is 3.10. The number of hydrogen-bond donors (Lipinski definition) is 0. The predicted octanol–water partition coefficient (Wildman–Crippen LogP) is 5.00. The molecular formula is C27H24O7. The monoisotopic (exact) mass is 460 g/mol. The van der Waals surface area contributed by atoms with E-state index in [9.17, 15) is 9.59 Å². The molecule has 0 fully saturated rings. The third-order valence-electron chi connectivity index (χ3n) is 5.20. The molecule has 0 spiro atoms. The molecule has 0 bridgehead atoms. The minimum atomic E-state index is -0.946. The first kappa shape index (κ1) is 22.9. The molecule has 1 atom stereocenters. The zero-order chi connectivity index (χ0) is 24.1. The topological polar surface area (TPSA) is 80.3 Å². The number of esters is 1. The van der Waals surface area contributed by atoms with Crippen LogP contribution >= 0.6 is 0 Å². The number of rotatable bonds is 8. The highest BCUT2D eigenvalue weighted by molar-refractivity contribution is 6.14. The number of ether oxygens (including phenoxy) is 5. The molecule has 0 saturated carbocycles. The van der Waals surface area contributed by atoms with Crippen molar-refractivity contribution in [2.45, 2.75) is 13.0 Å². The quantitative estimate of drug-likeness (QED) is 0.346. The third-order valence-corrected chi connectivity index (χ3v) is 5.20. The first-order valence-corrected chi connectivity index (χ1v) is 10.7. The van der Waals surface area contributed by atoms with Gasteiger partial charge in [-0.25, -0.2) is 4.79 Å². The molecule has 0 saturated heterocycles. The molecule has 34 heavy (non-hydrogen) atoms. The maximum absolute atomic E-state index is 12.9. The van der Waals surface area contributed by atoms with Crippen molar-refractivity contribution in [2.24, 2.45) is 0 Å². The highest BCUT2D eigenvalue weighted by atomic mass is 16.6. The molecule has 0 N–H and O–H groups in total. The molecule has 0 radical (unpaired) electrons. The summed E-state index contributed by atoms with van der Waals surface area (Å²) in [5.41, 5.74) is 1.79. The van der Waals surface area contributed by atoms with Gasteiger partial charge in [-0.2, -0.15) is 0 Å². The molecule has 3 aromatic rings. The Kier molecular flexibility index (Phi) is 6.82. The number of methoxy groups -OCH3 is 2. The summed E-state index contributed by atoms with van der Waals surface area (Å²) in [6.07, 6.45) is 0.689. The van der Waals surface area contributed by atoms with Crippen molar-refractivity contribution in [1.29, 1.82) is 0 Å². The first-order chi connectivity index (χ1) is 16.5. The van der Waals surface area contributed by atoms with Crippen molar-refractivity contribution in [3.8, 4) is 23.0 Å². The van der Waals surface area contributed by atoms with E-state index in [0.717, 1.165) is 5.56 Å². The van der Waals surface area contributed by atoms with Gasteiger partial charge in [-0.1, -0.05) is 36.4 Å². The minimum absolute atomic E-state index is 0.171. The molecule has 1 unspecified atom stereocenters. The first-order valence-electron chi connectivity index (χ1n) is 10.7. The van der Waals surface area contributed by atoms with Crippen LogP contribution in [-0.2, 0) is 9.53 Å². The molecule has 3 aromatic carbocycles. The third kappa shape index (κ3) is 4.73. The van der Waals surface area contributed by atoms with E-state index >= 15 is 0 Å². The van der Waals surface area contributed by atoms with Crippen LogP contribution in [0, 0.1) is 0 Å². The lowest BCUT2D eigenvalue weighted by atomic mass is 10.1. The number of ketones is 1. The molecule has 0 aliphatic carbocycles. The largest absolute Gasteiger partial charge is 0.493 e. The van der Waals surface area contributed by atoms with Gasteiger partial charge in [-0.15, -0.1) is 0 Å². The Morgan fingerprint density at radius 2 is 1.74 bits per heavy atom. The van der Waals surface area contributed by atoms with Crippen LogP contribution in [0.3, 0.4) is 0 Å². The molecule has 1 aliphatic rings. The Labute approximate surface area is 197 Å². The van der Waals surface area contributed by atoms with Gasteiger partial charge >= 0.3 is 5.97 Å². The van der Waals surface area contributed by atoms with Gasteiger partial charge in [0.15, 0.2) is 17.3 Å².